The number of ether oxygens (including phenoxy) is 3. The zero-order valence-corrected chi connectivity index (χ0v) is 35.9. The first kappa shape index (κ1) is 49.6. The molecule has 0 radical (unpaired) electrons. The SMILES string of the molecule is C=CCOC(=O)CN(C)C(=O)[C@@H](NC(=O)[C@H](CC(C)C)N(C)C(=O)[C@H](CC(C)C)NC(=O)[C@H](Cc1ccccc1)N(C)C(=O)OC(C)(C)C)[C@@H](C)OCCCC. The van der Waals surface area contributed by atoms with E-state index in [4.69, 9.17) is 14.2 Å². The molecule has 5 atom stereocenters. The summed E-state index contributed by atoms with van der Waals surface area (Å²) in [5.74, 6) is -2.97. The van der Waals surface area contributed by atoms with Gasteiger partial charge in [0.05, 0.1) is 6.10 Å². The molecule has 5 amide bonds. The minimum absolute atomic E-state index is 0.0127. The molecule has 0 fully saturated rings. The Bertz CT molecular complexity index is 1430. The number of nitrogens with one attached hydrogen (secondary N) is 2. The molecule has 316 valence electrons. The van der Waals surface area contributed by atoms with Gasteiger partial charge in [-0.25, -0.2) is 4.79 Å². The molecule has 0 spiro atoms. The van der Waals surface area contributed by atoms with E-state index in [1.807, 2.05) is 65.0 Å². The molecule has 1 rings (SSSR count). The fourth-order valence-corrected chi connectivity index (χ4v) is 5.80. The van der Waals surface area contributed by atoms with E-state index in [-0.39, 0.29) is 44.2 Å². The summed E-state index contributed by atoms with van der Waals surface area (Å²) in [5, 5.41) is 5.74. The number of rotatable bonds is 23. The average molecular weight is 788 g/mol. The number of carbonyl (C=O) groups is 6. The lowest BCUT2D eigenvalue weighted by Gasteiger charge is -2.35. The largest absolute Gasteiger partial charge is 0.460 e. The Morgan fingerprint density at radius 1 is 0.821 bits per heavy atom. The van der Waals surface area contributed by atoms with Crippen LogP contribution in [0.25, 0.3) is 0 Å². The van der Waals surface area contributed by atoms with Gasteiger partial charge in [-0.05, 0) is 64.4 Å². The van der Waals surface area contributed by atoms with Crippen molar-refractivity contribution >= 4 is 35.7 Å². The van der Waals surface area contributed by atoms with E-state index in [2.05, 4.69) is 17.2 Å². The van der Waals surface area contributed by atoms with E-state index in [1.54, 1.807) is 27.7 Å². The van der Waals surface area contributed by atoms with E-state index in [1.165, 1.54) is 37.0 Å². The summed E-state index contributed by atoms with van der Waals surface area (Å²) in [4.78, 5) is 85.8. The number of carbonyl (C=O) groups excluding carboxylic acids is 6. The number of benzene rings is 1. The van der Waals surface area contributed by atoms with E-state index in [0.29, 0.717) is 6.61 Å². The Morgan fingerprint density at radius 2 is 1.41 bits per heavy atom. The van der Waals surface area contributed by atoms with Crippen LogP contribution in [0.2, 0.25) is 0 Å². The fourth-order valence-electron chi connectivity index (χ4n) is 5.80. The quantitative estimate of drug-likeness (QED) is 0.0906. The van der Waals surface area contributed by atoms with E-state index in [9.17, 15) is 28.8 Å². The first-order valence-corrected chi connectivity index (χ1v) is 19.6. The Labute approximate surface area is 335 Å². The van der Waals surface area contributed by atoms with Gasteiger partial charge < -0.3 is 34.6 Å². The number of hydrogen-bond donors (Lipinski definition) is 2. The standard InChI is InChI=1S/C42H69N5O9/c1-14-16-23-54-30(7)36(40(52)45(11)27-35(48)55-22-15-2)44-38(50)33(25-29(5)6)46(12)39(51)32(24-28(3)4)43-37(49)34(26-31-20-18-17-19-21-31)47(13)41(53)56-42(8,9)10/h15,17-21,28-30,32-34,36H,2,14,16,22-27H2,1,3-13H3,(H,43,49)(H,44,50)/t30-,32+,33+,34+,36+/m1/s1. The Kier molecular flexibility index (Phi) is 21.4. The highest BCUT2D eigenvalue weighted by molar-refractivity contribution is 5.96. The van der Waals surface area contributed by atoms with Crippen molar-refractivity contribution in [2.24, 2.45) is 11.8 Å². The Balaban J connectivity index is 3.50. The minimum Gasteiger partial charge on any atom is -0.460 e. The van der Waals surface area contributed by atoms with Gasteiger partial charge in [0.2, 0.25) is 23.6 Å². The van der Waals surface area contributed by atoms with Crippen molar-refractivity contribution in [1.82, 2.24) is 25.3 Å². The maximum Gasteiger partial charge on any atom is 0.410 e. The molecular formula is C42H69N5O9. The topological polar surface area (TPSA) is 164 Å². The molecule has 0 aromatic heterocycles. The van der Waals surface area contributed by atoms with Gasteiger partial charge in [0.15, 0.2) is 0 Å². The van der Waals surface area contributed by atoms with Crippen LogP contribution in [0.1, 0.15) is 93.6 Å². The molecule has 0 aliphatic rings. The highest BCUT2D eigenvalue weighted by atomic mass is 16.6. The molecule has 1 aromatic carbocycles. The molecule has 0 saturated heterocycles. The number of unbranched alkanes of at least 4 members (excludes halogenated alkanes) is 1. The molecule has 2 N–H and O–H groups in total. The molecule has 0 heterocycles. The number of amides is 5. The summed E-state index contributed by atoms with van der Waals surface area (Å²) in [5.41, 5.74) is -0.00320. The summed E-state index contributed by atoms with van der Waals surface area (Å²) in [6.45, 7) is 20.0. The molecular weight excluding hydrogens is 718 g/mol. The van der Waals surface area contributed by atoms with Crippen LogP contribution in [0.15, 0.2) is 43.0 Å². The molecule has 56 heavy (non-hydrogen) atoms. The maximum absolute atomic E-state index is 14.4. The third-order valence-corrected chi connectivity index (χ3v) is 8.87. The van der Waals surface area contributed by atoms with Crippen molar-refractivity contribution in [2.45, 2.75) is 130 Å². The lowest BCUT2D eigenvalue weighted by atomic mass is 9.97. The second kappa shape index (κ2) is 24.2. The summed E-state index contributed by atoms with van der Waals surface area (Å²) in [6.07, 6.45) is 2.19. The lowest BCUT2D eigenvalue weighted by molar-refractivity contribution is -0.150. The normalized spacial score (nSPS) is 14.1. The van der Waals surface area contributed by atoms with Gasteiger partial charge in [-0.3, -0.25) is 28.9 Å². The van der Waals surface area contributed by atoms with Gasteiger partial charge in [-0.2, -0.15) is 0 Å². The summed E-state index contributed by atoms with van der Waals surface area (Å²) < 4.78 is 16.6. The Hall–Kier alpha value is -4.46. The van der Waals surface area contributed by atoms with E-state index in [0.717, 1.165) is 23.3 Å². The van der Waals surface area contributed by atoms with Crippen LogP contribution in [0.3, 0.4) is 0 Å². The summed E-state index contributed by atoms with van der Waals surface area (Å²) in [6, 6.07) is 4.91. The van der Waals surface area contributed by atoms with Crippen LogP contribution >= 0.6 is 0 Å². The third kappa shape index (κ3) is 17.6. The highest BCUT2D eigenvalue weighted by Gasteiger charge is 2.39. The highest BCUT2D eigenvalue weighted by Crippen LogP contribution is 2.19. The van der Waals surface area contributed by atoms with Crippen molar-refractivity contribution < 1.29 is 43.0 Å². The van der Waals surface area contributed by atoms with E-state index < -0.39 is 71.6 Å². The van der Waals surface area contributed by atoms with Gasteiger partial charge in [0.25, 0.3) is 0 Å². The van der Waals surface area contributed by atoms with E-state index >= 15 is 0 Å². The zero-order chi connectivity index (χ0) is 42.7. The number of likely N-dealkylation sites (N-methyl/N-ethyl adjacent to an activating group) is 3. The zero-order valence-electron chi connectivity index (χ0n) is 35.9. The molecule has 14 nitrogen and oxygen atoms in total. The van der Waals surface area contributed by atoms with Gasteiger partial charge >= 0.3 is 12.1 Å². The second-order valence-corrected chi connectivity index (χ2v) is 16.2. The first-order chi connectivity index (χ1) is 26.1. The molecule has 0 saturated carbocycles. The maximum atomic E-state index is 14.4. The molecule has 0 bridgehead atoms. The van der Waals surface area contributed by atoms with Crippen molar-refractivity contribution in [3.05, 3.63) is 48.6 Å². The summed E-state index contributed by atoms with van der Waals surface area (Å²) >= 11 is 0. The summed E-state index contributed by atoms with van der Waals surface area (Å²) in [7, 11) is 4.42. The van der Waals surface area contributed by atoms with Gasteiger partial charge in [0, 0.05) is 34.2 Å². The average Bonchev–Trinajstić information content (AvgIpc) is 3.11. The van der Waals surface area contributed by atoms with Crippen molar-refractivity contribution in [3.63, 3.8) is 0 Å². The van der Waals surface area contributed by atoms with Crippen LogP contribution in [0, 0.1) is 11.8 Å². The fraction of sp³-hybridized carbons (Fsp3) is 0.667. The van der Waals surface area contributed by atoms with Crippen molar-refractivity contribution in [3.8, 4) is 0 Å². The lowest BCUT2D eigenvalue weighted by Crippen LogP contribution is -2.61. The molecule has 1 aromatic rings. The van der Waals surface area contributed by atoms with Crippen LogP contribution in [0.4, 0.5) is 4.79 Å². The second-order valence-electron chi connectivity index (χ2n) is 16.2. The predicted molar refractivity (Wildman–Crippen MR) is 216 cm³/mol. The van der Waals surface area contributed by atoms with Gasteiger partial charge in [-0.15, -0.1) is 0 Å². The number of nitrogens with zero attached hydrogens (tertiary/aromatic N) is 3. The molecule has 14 heteroatoms. The molecule has 0 aliphatic heterocycles. The third-order valence-electron chi connectivity index (χ3n) is 8.87. The van der Waals surface area contributed by atoms with Crippen LogP contribution in [-0.4, -0.2) is 127 Å². The smallest absolute Gasteiger partial charge is 0.410 e. The number of hydrogen-bond acceptors (Lipinski definition) is 9. The molecule has 0 aliphatic carbocycles. The van der Waals surface area contributed by atoms with Gasteiger partial charge in [-0.1, -0.05) is 84.0 Å². The Morgan fingerprint density at radius 3 is 1.95 bits per heavy atom. The van der Waals surface area contributed by atoms with Crippen LogP contribution in [0.5, 0.6) is 0 Å². The monoisotopic (exact) mass is 788 g/mol. The predicted octanol–water partition coefficient (Wildman–Crippen LogP) is 4.75. The number of esters is 1. The molecule has 0 unspecified atom stereocenters. The van der Waals surface area contributed by atoms with Crippen molar-refractivity contribution in [2.75, 3.05) is 40.9 Å². The minimum atomic E-state index is -1.19. The van der Waals surface area contributed by atoms with Gasteiger partial charge in [0.1, 0.15) is 42.9 Å². The van der Waals surface area contributed by atoms with Crippen LogP contribution in [-0.2, 0) is 44.6 Å². The first-order valence-electron chi connectivity index (χ1n) is 19.6. The van der Waals surface area contributed by atoms with Crippen LogP contribution < -0.4 is 10.6 Å². The van der Waals surface area contributed by atoms with Crippen molar-refractivity contribution in [1.29, 1.82) is 0 Å².